The van der Waals surface area contributed by atoms with Crippen LogP contribution in [0.1, 0.15) is 80.6 Å². The third-order valence-corrected chi connectivity index (χ3v) is 7.82. The molecule has 0 radical (unpaired) electrons. The number of esters is 1. The lowest BCUT2D eigenvalue weighted by Crippen LogP contribution is -2.49. The predicted molar refractivity (Wildman–Crippen MR) is 103 cm³/mol. The standard InChI is InChI=1S/C20H38O3S/c1-8-18(5,9-2)15-20(7,19(6,10-3)11-4)17(21)23-16-14-24-13-12-22-16/h16H,8-15H2,1-7H3. The molecule has 1 rings (SSSR count). The van der Waals surface area contributed by atoms with Gasteiger partial charge in [0.05, 0.1) is 17.8 Å². The molecule has 4 heteroatoms. The van der Waals surface area contributed by atoms with Gasteiger partial charge in [0.25, 0.3) is 0 Å². The minimum Gasteiger partial charge on any atom is -0.434 e. The summed E-state index contributed by atoms with van der Waals surface area (Å²) >= 11 is 1.79. The van der Waals surface area contributed by atoms with E-state index in [1.165, 1.54) is 0 Å². The third-order valence-electron chi connectivity index (χ3n) is 6.85. The summed E-state index contributed by atoms with van der Waals surface area (Å²) in [7, 11) is 0. The fraction of sp³-hybridized carbons (Fsp3) is 0.950. The van der Waals surface area contributed by atoms with Crippen molar-refractivity contribution in [3.05, 3.63) is 0 Å². The number of hydrogen-bond donors (Lipinski definition) is 0. The van der Waals surface area contributed by atoms with Gasteiger partial charge in [-0.15, -0.1) is 0 Å². The number of thioether (sulfide) groups is 1. The van der Waals surface area contributed by atoms with E-state index < -0.39 is 5.41 Å². The normalized spacial score (nSPS) is 22.0. The highest BCUT2D eigenvalue weighted by molar-refractivity contribution is 7.99. The van der Waals surface area contributed by atoms with Gasteiger partial charge in [-0.1, -0.05) is 54.4 Å². The molecule has 0 amide bonds. The molecule has 0 saturated carbocycles. The van der Waals surface area contributed by atoms with Crippen LogP contribution < -0.4 is 0 Å². The minimum absolute atomic E-state index is 0.0719. The maximum Gasteiger partial charge on any atom is 0.314 e. The van der Waals surface area contributed by atoms with Crippen LogP contribution in [0.5, 0.6) is 0 Å². The van der Waals surface area contributed by atoms with Gasteiger partial charge in [0.2, 0.25) is 6.29 Å². The Hall–Kier alpha value is -0.220. The Balaban J connectivity index is 3.09. The van der Waals surface area contributed by atoms with Gasteiger partial charge < -0.3 is 9.47 Å². The minimum atomic E-state index is -0.497. The van der Waals surface area contributed by atoms with Crippen molar-refractivity contribution in [2.45, 2.75) is 86.9 Å². The molecule has 0 spiro atoms. The molecular formula is C20H38O3S. The first-order valence-corrected chi connectivity index (χ1v) is 10.8. The predicted octanol–water partition coefficient (Wildman–Crippen LogP) is 5.67. The second kappa shape index (κ2) is 8.93. The zero-order valence-electron chi connectivity index (χ0n) is 16.9. The quantitative estimate of drug-likeness (QED) is 0.498. The van der Waals surface area contributed by atoms with Gasteiger partial charge in [-0.2, -0.15) is 11.8 Å². The number of ether oxygens (including phenoxy) is 2. The van der Waals surface area contributed by atoms with Crippen LogP contribution in [0.25, 0.3) is 0 Å². The van der Waals surface area contributed by atoms with Crippen molar-refractivity contribution in [2.24, 2.45) is 16.2 Å². The van der Waals surface area contributed by atoms with Crippen LogP contribution in [0.2, 0.25) is 0 Å². The van der Waals surface area contributed by atoms with E-state index in [0.717, 1.165) is 43.6 Å². The highest BCUT2D eigenvalue weighted by atomic mass is 32.2. The second-order valence-corrected chi connectivity index (χ2v) is 9.22. The first-order valence-electron chi connectivity index (χ1n) is 9.60. The average Bonchev–Trinajstić information content (AvgIpc) is 2.61. The van der Waals surface area contributed by atoms with Crippen LogP contribution in [0.15, 0.2) is 0 Å². The second-order valence-electron chi connectivity index (χ2n) is 8.07. The molecule has 0 aromatic heterocycles. The zero-order chi connectivity index (χ0) is 18.4. The van der Waals surface area contributed by atoms with E-state index in [2.05, 4.69) is 48.5 Å². The highest BCUT2D eigenvalue weighted by Gasteiger charge is 2.52. The molecule has 0 aromatic carbocycles. The Bertz CT molecular complexity index is 396. The van der Waals surface area contributed by atoms with Crippen molar-refractivity contribution < 1.29 is 14.3 Å². The molecule has 1 aliphatic rings. The summed E-state index contributed by atoms with van der Waals surface area (Å²) in [5.74, 6) is 1.65. The molecule has 1 fully saturated rings. The van der Waals surface area contributed by atoms with Crippen molar-refractivity contribution in [1.82, 2.24) is 0 Å². The molecule has 142 valence electrons. The summed E-state index contributed by atoms with van der Waals surface area (Å²) in [6.07, 6.45) is 4.57. The van der Waals surface area contributed by atoms with Crippen LogP contribution in [0.3, 0.4) is 0 Å². The van der Waals surface area contributed by atoms with Crippen LogP contribution >= 0.6 is 11.8 Å². The van der Waals surface area contributed by atoms with Crippen LogP contribution in [0.4, 0.5) is 0 Å². The first-order chi connectivity index (χ1) is 11.2. The molecule has 0 aliphatic carbocycles. The SMILES string of the molecule is CCC(C)(CC)CC(C)(C(=O)OC1CSCCO1)C(C)(CC)CC. The fourth-order valence-corrected chi connectivity index (χ4v) is 4.44. The summed E-state index contributed by atoms with van der Waals surface area (Å²) in [6.45, 7) is 16.2. The Morgan fingerprint density at radius 2 is 1.67 bits per heavy atom. The van der Waals surface area contributed by atoms with Gasteiger partial charge >= 0.3 is 5.97 Å². The summed E-state index contributed by atoms with van der Waals surface area (Å²) in [4.78, 5) is 13.3. The van der Waals surface area contributed by atoms with Crippen molar-refractivity contribution in [3.8, 4) is 0 Å². The Morgan fingerprint density at radius 1 is 1.08 bits per heavy atom. The molecule has 1 aliphatic heterocycles. The van der Waals surface area contributed by atoms with Gasteiger partial charge in [-0.25, -0.2) is 0 Å². The van der Waals surface area contributed by atoms with Gasteiger partial charge in [0, 0.05) is 5.75 Å². The number of carbonyl (C=O) groups excluding carboxylic acids is 1. The van der Waals surface area contributed by atoms with Crippen molar-refractivity contribution in [3.63, 3.8) is 0 Å². The summed E-state index contributed by atoms with van der Waals surface area (Å²) in [6, 6.07) is 0. The number of carbonyl (C=O) groups is 1. The Morgan fingerprint density at radius 3 is 2.08 bits per heavy atom. The third kappa shape index (κ3) is 4.69. The topological polar surface area (TPSA) is 35.5 Å². The lowest BCUT2D eigenvalue weighted by atomic mass is 9.56. The van der Waals surface area contributed by atoms with E-state index in [1.807, 2.05) is 0 Å². The molecule has 1 saturated heterocycles. The number of hydrogen-bond acceptors (Lipinski definition) is 4. The van der Waals surface area contributed by atoms with Crippen LogP contribution in [-0.2, 0) is 14.3 Å². The Labute approximate surface area is 153 Å². The van der Waals surface area contributed by atoms with Crippen molar-refractivity contribution in [1.29, 1.82) is 0 Å². The molecule has 24 heavy (non-hydrogen) atoms. The average molecular weight is 359 g/mol. The van der Waals surface area contributed by atoms with Gasteiger partial charge in [0.15, 0.2) is 0 Å². The molecule has 3 nitrogen and oxygen atoms in total. The van der Waals surface area contributed by atoms with E-state index >= 15 is 0 Å². The summed E-state index contributed by atoms with van der Waals surface area (Å²) in [5, 5.41) is 0. The number of rotatable bonds is 9. The van der Waals surface area contributed by atoms with Crippen molar-refractivity contribution >= 4 is 17.7 Å². The van der Waals surface area contributed by atoms with Crippen molar-refractivity contribution in [2.75, 3.05) is 18.1 Å². The van der Waals surface area contributed by atoms with Gasteiger partial charge in [-0.3, -0.25) is 4.79 Å². The van der Waals surface area contributed by atoms with Gasteiger partial charge in [-0.05, 0) is 37.0 Å². The van der Waals surface area contributed by atoms with Crippen LogP contribution in [0, 0.1) is 16.2 Å². The molecule has 2 atom stereocenters. The van der Waals surface area contributed by atoms with E-state index in [-0.39, 0.29) is 23.1 Å². The smallest absolute Gasteiger partial charge is 0.314 e. The highest BCUT2D eigenvalue weighted by Crippen LogP contribution is 2.53. The fourth-order valence-electron chi connectivity index (χ4n) is 3.70. The van der Waals surface area contributed by atoms with Crippen LogP contribution in [-0.4, -0.2) is 30.4 Å². The summed E-state index contributed by atoms with van der Waals surface area (Å²) < 4.78 is 11.5. The molecular weight excluding hydrogens is 320 g/mol. The van der Waals surface area contributed by atoms with E-state index in [4.69, 9.17) is 9.47 Å². The summed E-state index contributed by atoms with van der Waals surface area (Å²) in [5.41, 5.74) is -0.415. The van der Waals surface area contributed by atoms with E-state index in [1.54, 1.807) is 11.8 Å². The molecule has 0 N–H and O–H groups in total. The maximum atomic E-state index is 13.3. The molecule has 0 bridgehead atoms. The van der Waals surface area contributed by atoms with E-state index in [9.17, 15) is 4.79 Å². The Kier molecular flexibility index (Phi) is 8.12. The van der Waals surface area contributed by atoms with E-state index in [0.29, 0.717) is 6.61 Å². The van der Waals surface area contributed by atoms with Gasteiger partial charge in [0.1, 0.15) is 0 Å². The zero-order valence-corrected chi connectivity index (χ0v) is 17.7. The maximum absolute atomic E-state index is 13.3. The first kappa shape index (κ1) is 21.8. The lowest BCUT2D eigenvalue weighted by molar-refractivity contribution is -0.195. The lowest BCUT2D eigenvalue weighted by Gasteiger charge is -2.48. The monoisotopic (exact) mass is 358 g/mol. The molecule has 0 aromatic rings. The largest absolute Gasteiger partial charge is 0.434 e. The molecule has 1 heterocycles. The molecule has 2 unspecified atom stereocenters.